The third-order valence-corrected chi connectivity index (χ3v) is 5.49. The Morgan fingerprint density at radius 3 is 2.26 bits per heavy atom. The predicted molar refractivity (Wildman–Crippen MR) is 136 cm³/mol. The number of anilines is 2. The Kier molecular flexibility index (Phi) is 7.67. The van der Waals surface area contributed by atoms with Crippen molar-refractivity contribution in [3.05, 3.63) is 76.5 Å². The van der Waals surface area contributed by atoms with Crippen LogP contribution in [0.3, 0.4) is 0 Å². The third kappa shape index (κ3) is 6.12. The molecule has 0 spiro atoms. The largest absolute Gasteiger partial charge is 0.399 e. The highest BCUT2D eigenvalue weighted by Gasteiger charge is 2.31. The van der Waals surface area contributed by atoms with Crippen molar-refractivity contribution >= 4 is 40.3 Å². The smallest absolute Gasteiger partial charge is 0.224 e. The van der Waals surface area contributed by atoms with E-state index in [1.54, 1.807) is 54.5 Å². The van der Waals surface area contributed by atoms with Crippen LogP contribution in [0.2, 0.25) is 0 Å². The maximum atomic E-state index is 13.3. The molecule has 10 nitrogen and oxygen atoms in total. The van der Waals surface area contributed by atoms with Gasteiger partial charge in [-0.05, 0) is 29.3 Å². The molecule has 0 bridgehead atoms. The summed E-state index contributed by atoms with van der Waals surface area (Å²) in [6, 6.07) is 11.5. The quantitative estimate of drug-likeness (QED) is 0.102. The SMILES string of the molecule is CCN(C)NC1=CC(=O)C(c2cc(N)cc(N)c2)=C(CC(=O)NCc2ccc(C(=N)N)cc2)C1=O. The Labute approximate surface area is 203 Å². The predicted octanol–water partition coefficient (Wildman–Crippen LogP) is 1.09. The lowest BCUT2D eigenvalue weighted by atomic mass is 9.86. The average Bonchev–Trinajstić information content (AvgIpc) is 2.80. The van der Waals surface area contributed by atoms with Crippen LogP contribution in [0.1, 0.15) is 30.0 Å². The van der Waals surface area contributed by atoms with Crippen molar-refractivity contribution in [2.75, 3.05) is 25.1 Å². The summed E-state index contributed by atoms with van der Waals surface area (Å²) in [5.74, 6) is -1.36. The van der Waals surface area contributed by atoms with E-state index in [4.69, 9.17) is 22.6 Å². The minimum atomic E-state index is -0.457. The zero-order chi connectivity index (χ0) is 25.7. The molecule has 0 heterocycles. The molecule has 0 radical (unpaired) electrons. The number of amidine groups is 1. The molecule has 2 aromatic rings. The molecule has 35 heavy (non-hydrogen) atoms. The summed E-state index contributed by atoms with van der Waals surface area (Å²) in [7, 11) is 1.74. The maximum Gasteiger partial charge on any atom is 0.224 e. The number of hydrogen-bond acceptors (Lipinski definition) is 8. The fourth-order valence-corrected chi connectivity index (χ4v) is 3.59. The molecule has 1 aliphatic carbocycles. The molecule has 0 aromatic heterocycles. The van der Waals surface area contributed by atoms with Crippen molar-refractivity contribution in [2.45, 2.75) is 19.9 Å². The first kappa shape index (κ1) is 25.2. The Bertz CT molecular complexity index is 1230. The van der Waals surface area contributed by atoms with Gasteiger partial charge in [-0.25, -0.2) is 5.01 Å². The molecule has 2 aromatic carbocycles. The summed E-state index contributed by atoms with van der Waals surface area (Å²) >= 11 is 0. The Hall–Kier alpha value is -4.44. The van der Waals surface area contributed by atoms with Crippen LogP contribution >= 0.6 is 0 Å². The highest BCUT2D eigenvalue weighted by atomic mass is 16.2. The Morgan fingerprint density at radius 1 is 1.06 bits per heavy atom. The number of nitrogen functional groups attached to an aromatic ring is 3. The average molecular weight is 476 g/mol. The molecular weight excluding hydrogens is 446 g/mol. The summed E-state index contributed by atoms with van der Waals surface area (Å²) in [4.78, 5) is 39.3. The van der Waals surface area contributed by atoms with Gasteiger partial charge >= 0.3 is 0 Å². The van der Waals surface area contributed by atoms with E-state index < -0.39 is 17.5 Å². The topological polar surface area (TPSA) is 180 Å². The molecule has 9 N–H and O–H groups in total. The lowest BCUT2D eigenvalue weighted by Crippen LogP contribution is -2.39. The van der Waals surface area contributed by atoms with Gasteiger partial charge in [-0.2, -0.15) is 0 Å². The number of hydrogen-bond donors (Lipinski definition) is 6. The second kappa shape index (κ2) is 10.7. The number of allylic oxidation sites excluding steroid dienone is 3. The van der Waals surface area contributed by atoms with Crippen LogP contribution in [0.25, 0.3) is 5.57 Å². The van der Waals surface area contributed by atoms with Gasteiger partial charge in [-0.15, -0.1) is 0 Å². The fraction of sp³-hybridized carbons (Fsp3) is 0.200. The minimum Gasteiger partial charge on any atom is -0.399 e. The van der Waals surface area contributed by atoms with Gasteiger partial charge in [0.25, 0.3) is 0 Å². The first-order valence-electron chi connectivity index (χ1n) is 11.0. The van der Waals surface area contributed by atoms with Gasteiger partial charge in [0.1, 0.15) is 11.5 Å². The van der Waals surface area contributed by atoms with Crippen molar-refractivity contribution in [3.8, 4) is 0 Å². The molecule has 0 saturated carbocycles. The van der Waals surface area contributed by atoms with E-state index in [0.29, 0.717) is 29.0 Å². The highest BCUT2D eigenvalue weighted by molar-refractivity contribution is 6.38. The lowest BCUT2D eigenvalue weighted by molar-refractivity contribution is -0.122. The molecule has 1 amide bonds. The summed E-state index contributed by atoms with van der Waals surface area (Å²) in [5.41, 5.74) is 22.8. The first-order valence-corrected chi connectivity index (χ1v) is 11.0. The van der Waals surface area contributed by atoms with E-state index in [9.17, 15) is 14.4 Å². The lowest BCUT2D eigenvalue weighted by Gasteiger charge is -2.24. The van der Waals surface area contributed by atoms with E-state index in [-0.39, 0.29) is 35.6 Å². The normalized spacial score (nSPS) is 13.6. The maximum absolute atomic E-state index is 13.3. The van der Waals surface area contributed by atoms with Crippen molar-refractivity contribution in [2.24, 2.45) is 5.73 Å². The Balaban J connectivity index is 1.89. The zero-order valence-corrected chi connectivity index (χ0v) is 19.6. The third-order valence-electron chi connectivity index (χ3n) is 5.49. The monoisotopic (exact) mass is 475 g/mol. The van der Waals surface area contributed by atoms with E-state index >= 15 is 0 Å². The number of Topliss-reactive ketones (excluding diaryl/α,β-unsaturated/α-hetero) is 1. The zero-order valence-electron chi connectivity index (χ0n) is 19.6. The number of ketones is 2. The van der Waals surface area contributed by atoms with Crippen molar-refractivity contribution in [3.63, 3.8) is 0 Å². The van der Waals surface area contributed by atoms with Crippen LogP contribution in [0, 0.1) is 5.41 Å². The summed E-state index contributed by atoms with van der Waals surface area (Å²) in [6.45, 7) is 2.67. The summed E-state index contributed by atoms with van der Waals surface area (Å²) < 4.78 is 0. The standard InChI is InChI=1S/C25H29N7O3/c1-3-32(2)31-20-12-21(33)23(16-8-17(26)10-18(27)9-16)19(24(20)35)11-22(34)30-13-14-4-6-15(7-5-14)25(28)29/h4-10,12,31H,3,11,13,26-27H2,1-2H3,(H3,28,29)(H,30,34). The highest BCUT2D eigenvalue weighted by Crippen LogP contribution is 2.31. The van der Waals surface area contributed by atoms with Gasteiger partial charge in [0.15, 0.2) is 5.78 Å². The van der Waals surface area contributed by atoms with Gasteiger partial charge in [-0.3, -0.25) is 19.8 Å². The number of amides is 1. The van der Waals surface area contributed by atoms with E-state index in [0.717, 1.165) is 5.56 Å². The minimum absolute atomic E-state index is 0.0473. The van der Waals surface area contributed by atoms with Crippen LogP contribution in [0.5, 0.6) is 0 Å². The summed E-state index contributed by atoms with van der Waals surface area (Å²) in [5, 5.41) is 11.9. The van der Waals surface area contributed by atoms with E-state index in [1.807, 2.05) is 6.92 Å². The van der Waals surface area contributed by atoms with Crippen LogP contribution < -0.4 is 27.9 Å². The molecule has 0 atom stereocenters. The van der Waals surface area contributed by atoms with Crippen LogP contribution in [0.15, 0.2) is 59.8 Å². The number of hydrazine groups is 1. The van der Waals surface area contributed by atoms with Gasteiger partial charge in [-0.1, -0.05) is 31.2 Å². The van der Waals surface area contributed by atoms with Gasteiger partial charge < -0.3 is 27.9 Å². The molecule has 0 fully saturated rings. The molecule has 0 aliphatic heterocycles. The molecular formula is C25H29N7O3. The number of nitrogens with zero attached hydrogens (tertiary/aromatic N) is 1. The molecule has 0 unspecified atom stereocenters. The van der Waals surface area contributed by atoms with E-state index in [1.165, 1.54) is 6.08 Å². The van der Waals surface area contributed by atoms with Crippen LogP contribution in [-0.4, -0.2) is 41.9 Å². The van der Waals surface area contributed by atoms with E-state index in [2.05, 4.69) is 10.7 Å². The number of benzene rings is 2. The fourth-order valence-electron chi connectivity index (χ4n) is 3.59. The molecule has 3 rings (SSSR count). The van der Waals surface area contributed by atoms with Gasteiger partial charge in [0.05, 0.1) is 6.42 Å². The number of nitrogens with one attached hydrogen (secondary N) is 3. The van der Waals surface area contributed by atoms with Crippen molar-refractivity contribution in [1.29, 1.82) is 5.41 Å². The van der Waals surface area contributed by atoms with Crippen LogP contribution in [-0.2, 0) is 20.9 Å². The summed E-state index contributed by atoms with van der Waals surface area (Å²) in [6.07, 6.45) is 0.913. The Morgan fingerprint density at radius 2 is 1.69 bits per heavy atom. The second-order valence-electron chi connectivity index (χ2n) is 8.18. The number of nitrogens with two attached hydrogens (primary N) is 3. The molecule has 0 saturated heterocycles. The second-order valence-corrected chi connectivity index (χ2v) is 8.18. The number of rotatable bonds is 9. The molecule has 182 valence electrons. The number of carbonyl (C=O) groups is 3. The molecule has 10 heteroatoms. The first-order chi connectivity index (χ1) is 16.6. The van der Waals surface area contributed by atoms with Gasteiger partial charge in [0.2, 0.25) is 11.7 Å². The number of carbonyl (C=O) groups excluding carboxylic acids is 3. The molecule has 1 aliphatic rings. The van der Waals surface area contributed by atoms with Crippen molar-refractivity contribution < 1.29 is 14.4 Å². The van der Waals surface area contributed by atoms with Crippen LogP contribution in [0.4, 0.5) is 11.4 Å². The van der Waals surface area contributed by atoms with Crippen molar-refractivity contribution in [1.82, 2.24) is 15.8 Å². The van der Waals surface area contributed by atoms with Gasteiger partial charge in [0, 0.05) is 54.3 Å².